The van der Waals surface area contributed by atoms with Crippen molar-refractivity contribution in [3.8, 4) is 5.75 Å². The molecule has 0 fully saturated rings. The summed E-state index contributed by atoms with van der Waals surface area (Å²) in [5.74, 6) is 1.28. The van der Waals surface area contributed by atoms with Crippen molar-refractivity contribution in [2.24, 2.45) is 0 Å². The molecule has 1 aliphatic carbocycles. The van der Waals surface area contributed by atoms with Crippen LogP contribution in [-0.2, 0) is 30.6 Å². The maximum absolute atomic E-state index is 13.8. The van der Waals surface area contributed by atoms with Gasteiger partial charge in [-0.25, -0.2) is 4.40 Å². The van der Waals surface area contributed by atoms with E-state index in [1.54, 1.807) is 47.3 Å². The van der Waals surface area contributed by atoms with Crippen molar-refractivity contribution in [1.29, 1.82) is 0 Å². The fraction of sp³-hybridized carbons (Fsp3) is 0.286. The molecule has 3 aromatic heterocycles. The second-order valence-electron chi connectivity index (χ2n) is 9.27. The van der Waals surface area contributed by atoms with E-state index in [1.165, 1.54) is 22.2 Å². The van der Waals surface area contributed by atoms with Crippen LogP contribution < -0.4 is 15.6 Å². The molecule has 0 aliphatic heterocycles. The number of hydrogen-bond acceptors (Lipinski definition) is 7. The SMILES string of the molecule is COc1ccc(NC(=O)CSc2nnc3n(CCc4ccccc4)c(=O)c4c5c(sc4n23)CCCC5)cc1. The minimum atomic E-state index is -0.143. The second kappa shape index (κ2) is 10.6. The highest BCUT2D eigenvalue weighted by Gasteiger charge is 2.25. The summed E-state index contributed by atoms with van der Waals surface area (Å²) in [4.78, 5) is 28.7. The molecule has 0 radical (unpaired) electrons. The number of rotatable bonds is 8. The first-order chi connectivity index (χ1) is 18.6. The molecule has 0 bridgehead atoms. The van der Waals surface area contributed by atoms with Gasteiger partial charge in [0.1, 0.15) is 10.6 Å². The summed E-state index contributed by atoms with van der Waals surface area (Å²) >= 11 is 2.99. The molecular formula is C28H27N5O3S2. The molecule has 0 unspecified atom stereocenters. The maximum Gasteiger partial charge on any atom is 0.263 e. The van der Waals surface area contributed by atoms with E-state index >= 15 is 0 Å². The second-order valence-corrected chi connectivity index (χ2v) is 11.3. The highest BCUT2D eigenvalue weighted by Crippen LogP contribution is 2.36. The number of fused-ring (bicyclic) bond motifs is 5. The number of thioether (sulfide) groups is 1. The molecule has 0 spiro atoms. The number of aryl methyl sites for hydroxylation is 4. The van der Waals surface area contributed by atoms with Crippen LogP contribution in [0.3, 0.4) is 0 Å². The van der Waals surface area contributed by atoms with Gasteiger partial charge in [0.25, 0.3) is 5.56 Å². The molecular weight excluding hydrogens is 518 g/mol. The standard InChI is InChI=1S/C28H27N5O3S2/c1-36-20-13-11-19(12-14-20)29-23(34)17-37-28-31-30-27-32(16-15-18-7-3-2-4-8-18)25(35)24-21-9-5-6-10-22(21)38-26(24)33(27)28/h2-4,7-8,11-14H,5-6,9-10,15-17H2,1H3,(H,29,34). The lowest BCUT2D eigenvalue weighted by atomic mass is 9.97. The van der Waals surface area contributed by atoms with Gasteiger partial charge in [-0.05, 0) is 67.5 Å². The molecule has 1 N–H and O–H groups in total. The van der Waals surface area contributed by atoms with E-state index in [2.05, 4.69) is 27.6 Å². The number of anilines is 1. The fourth-order valence-corrected chi connectivity index (χ4v) is 7.12. The largest absolute Gasteiger partial charge is 0.497 e. The predicted molar refractivity (Wildman–Crippen MR) is 152 cm³/mol. The predicted octanol–water partition coefficient (Wildman–Crippen LogP) is 4.97. The average Bonchev–Trinajstić information content (AvgIpc) is 3.55. The highest BCUT2D eigenvalue weighted by atomic mass is 32.2. The Bertz CT molecular complexity index is 1670. The Labute approximate surface area is 227 Å². The quantitative estimate of drug-likeness (QED) is 0.277. The van der Waals surface area contributed by atoms with Crippen LogP contribution in [0.1, 0.15) is 28.8 Å². The Morgan fingerprint density at radius 1 is 1.08 bits per heavy atom. The van der Waals surface area contributed by atoms with Gasteiger partial charge in [0.05, 0.1) is 18.2 Å². The van der Waals surface area contributed by atoms with Crippen molar-refractivity contribution in [2.45, 2.75) is 43.8 Å². The smallest absolute Gasteiger partial charge is 0.263 e. The van der Waals surface area contributed by atoms with Crippen LogP contribution in [0.25, 0.3) is 16.0 Å². The number of aromatic nitrogens is 4. The number of hydrogen-bond donors (Lipinski definition) is 1. The molecule has 5 aromatic rings. The summed E-state index contributed by atoms with van der Waals surface area (Å²) < 4.78 is 8.92. The number of nitrogens with zero attached hydrogens (tertiary/aromatic N) is 4. The van der Waals surface area contributed by atoms with Crippen molar-refractivity contribution in [3.05, 3.63) is 81.0 Å². The molecule has 8 nitrogen and oxygen atoms in total. The zero-order valence-corrected chi connectivity index (χ0v) is 22.6. The topological polar surface area (TPSA) is 90.5 Å². The van der Waals surface area contributed by atoms with Crippen LogP contribution in [0.5, 0.6) is 5.75 Å². The zero-order chi connectivity index (χ0) is 26.1. The molecule has 1 amide bonds. The third-order valence-corrected chi connectivity index (χ3v) is 9.05. The Kier molecular flexibility index (Phi) is 6.90. The monoisotopic (exact) mass is 545 g/mol. The van der Waals surface area contributed by atoms with Gasteiger partial charge < -0.3 is 10.1 Å². The summed E-state index contributed by atoms with van der Waals surface area (Å²) in [6.45, 7) is 0.508. The number of ether oxygens (including phenoxy) is 1. The van der Waals surface area contributed by atoms with Crippen LogP contribution in [-0.4, -0.2) is 37.9 Å². The van der Waals surface area contributed by atoms with Crippen LogP contribution in [0.2, 0.25) is 0 Å². The van der Waals surface area contributed by atoms with E-state index in [9.17, 15) is 9.59 Å². The number of carbonyl (C=O) groups is 1. The number of thiophene rings is 1. The van der Waals surface area contributed by atoms with Gasteiger partial charge in [0.15, 0.2) is 5.16 Å². The molecule has 194 valence electrons. The third kappa shape index (κ3) is 4.69. The molecule has 2 aromatic carbocycles. The Morgan fingerprint density at radius 2 is 1.87 bits per heavy atom. The van der Waals surface area contributed by atoms with E-state index in [1.807, 2.05) is 22.6 Å². The van der Waals surface area contributed by atoms with Gasteiger partial charge in [-0.3, -0.25) is 14.2 Å². The summed E-state index contributed by atoms with van der Waals surface area (Å²) in [6.07, 6.45) is 4.86. The van der Waals surface area contributed by atoms with Crippen molar-refractivity contribution in [3.63, 3.8) is 0 Å². The minimum absolute atomic E-state index is 0.00373. The molecule has 0 atom stereocenters. The molecule has 0 saturated carbocycles. The van der Waals surface area contributed by atoms with Crippen molar-refractivity contribution < 1.29 is 9.53 Å². The van der Waals surface area contributed by atoms with Crippen LogP contribution in [0.15, 0.2) is 64.5 Å². The normalized spacial score (nSPS) is 13.1. The minimum Gasteiger partial charge on any atom is -0.497 e. The Hall–Kier alpha value is -3.63. The molecule has 10 heteroatoms. The van der Waals surface area contributed by atoms with Gasteiger partial charge in [0.2, 0.25) is 11.7 Å². The highest BCUT2D eigenvalue weighted by molar-refractivity contribution is 7.99. The number of carbonyl (C=O) groups excluding carboxylic acids is 1. The van der Waals surface area contributed by atoms with E-state index < -0.39 is 0 Å². The molecule has 0 saturated heterocycles. The number of nitrogens with one attached hydrogen (secondary N) is 1. The lowest BCUT2D eigenvalue weighted by Crippen LogP contribution is -2.24. The van der Waals surface area contributed by atoms with Gasteiger partial charge in [0, 0.05) is 17.1 Å². The van der Waals surface area contributed by atoms with Crippen LogP contribution in [0, 0.1) is 0 Å². The van der Waals surface area contributed by atoms with Crippen molar-refractivity contribution in [2.75, 3.05) is 18.2 Å². The van der Waals surface area contributed by atoms with Gasteiger partial charge in [-0.1, -0.05) is 42.1 Å². The van der Waals surface area contributed by atoms with Crippen LogP contribution >= 0.6 is 23.1 Å². The summed E-state index contributed by atoms with van der Waals surface area (Å²) in [6, 6.07) is 17.4. The summed E-state index contributed by atoms with van der Waals surface area (Å²) in [5.41, 5.74) is 3.04. The van der Waals surface area contributed by atoms with Crippen molar-refractivity contribution in [1.82, 2.24) is 19.2 Å². The van der Waals surface area contributed by atoms with Gasteiger partial charge >= 0.3 is 0 Å². The van der Waals surface area contributed by atoms with Crippen LogP contribution in [0.4, 0.5) is 5.69 Å². The Balaban J connectivity index is 1.34. The summed E-state index contributed by atoms with van der Waals surface area (Å²) in [7, 11) is 1.61. The van der Waals surface area contributed by atoms with E-state index in [0.717, 1.165) is 47.2 Å². The first-order valence-electron chi connectivity index (χ1n) is 12.6. The van der Waals surface area contributed by atoms with E-state index in [0.29, 0.717) is 29.6 Å². The number of benzene rings is 2. The molecule has 6 rings (SSSR count). The van der Waals surface area contributed by atoms with Gasteiger partial charge in [-0.15, -0.1) is 21.5 Å². The maximum atomic E-state index is 13.8. The first kappa shape index (κ1) is 24.7. The zero-order valence-electron chi connectivity index (χ0n) is 21.0. The number of amides is 1. The number of methoxy groups -OCH3 is 1. The van der Waals surface area contributed by atoms with E-state index in [4.69, 9.17) is 4.74 Å². The third-order valence-electron chi connectivity index (χ3n) is 6.85. The van der Waals surface area contributed by atoms with Gasteiger partial charge in [-0.2, -0.15) is 0 Å². The molecule has 38 heavy (non-hydrogen) atoms. The fourth-order valence-electron chi connectivity index (χ4n) is 4.95. The summed E-state index contributed by atoms with van der Waals surface area (Å²) in [5, 5.41) is 13.2. The lowest BCUT2D eigenvalue weighted by molar-refractivity contribution is -0.113. The average molecular weight is 546 g/mol. The lowest BCUT2D eigenvalue weighted by Gasteiger charge is -2.12. The molecule has 1 aliphatic rings. The van der Waals surface area contributed by atoms with Crippen molar-refractivity contribution >= 4 is 50.7 Å². The van der Waals surface area contributed by atoms with E-state index in [-0.39, 0.29) is 17.2 Å². The first-order valence-corrected chi connectivity index (χ1v) is 14.5. The Morgan fingerprint density at radius 3 is 2.66 bits per heavy atom. The molecule has 3 heterocycles.